The van der Waals surface area contributed by atoms with Crippen molar-refractivity contribution in [3.63, 3.8) is 0 Å². The van der Waals surface area contributed by atoms with E-state index in [-0.39, 0.29) is 25.2 Å². The molecule has 1 aromatic carbocycles. The van der Waals surface area contributed by atoms with Gasteiger partial charge in [-0.25, -0.2) is 15.4 Å². The lowest BCUT2D eigenvalue weighted by molar-refractivity contribution is -0.131. The van der Waals surface area contributed by atoms with Crippen LogP contribution < -0.4 is 14.5 Å². The van der Waals surface area contributed by atoms with Crippen molar-refractivity contribution < 1.29 is 18.3 Å². The molecule has 6 rings (SSSR count). The second-order valence-corrected chi connectivity index (χ2v) is 13.0. The van der Waals surface area contributed by atoms with Crippen molar-refractivity contribution in [1.29, 1.82) is 0 Å². The number of halogens is 3. The van der Waals surface area contributed by atoms with E-state index >= 15 is 0 Å². The summed E-state index contributed by atoms with van der Waals surface area (Å²) in [7, 11) is 1.88. The molecule has 2 aromatic heterocycles. The van der Waals surface area contributed by atoms with Crippen LogP contribution in [0, 0.1) is 6.57 Å². The van der Waals surface area contributed by atoms with E-state index in [2.05, 4.69) is 21.3 Å². The maximum absolute atomic E-state index is 14.4. The standard InChI is InChI=1S/C33H37ClF2N8O2/c1-21(17-41(4)20-33(36)9-10-33)46-32-39-27-19-42(28-16-38-14-23-6-5-7-26(34)29(23)28)11-8-25(27)30(40-32)43-12-13-44(31(45)22(2)35)24(18-43)15-37-3/h5-7,14,16,21,24H,2,8-13,15,17-20H2,1,4H3/t21-,24-/m0/s1. The lowest BCUT2D eigenvalue weighted by atomic mass is 10.0. The van der Waals surface area contributed by atoms with E-state index in [0.717, 1.165) is 27.7 Å². The molecule has 1 amide bonds. The predicted molar refractivity (Wildman–Crippen MR) is 174 cm³/mol. The molecule has 4 heterocycles. The zero-order valence-corrected chi connectivity index (χ0v) is 26.8. The highest BCUT2D eigenvalue weighted by molar-refractivity contribution is 6.36. The van der Waals surface area contributed by atoms with Gasteiger partial charge < -0.3 is 24.3 Å². The number of carbonyl (C=O) groups is 1. The summed E-state index contributed by atoms with van der Waals surface area (Å²) >= 11 is 6.66. The summed E-state index contributed by atoms with van der Waals surface area (Å²) in [4.78, 5) is 37.8. The van der Waals surface area contributed by atoms with Gasteiger partial charge in [-0.3, -0.25) is 14.7 Å². The van der Waals surface area contributed by atoms with Crippen LogP contribution >= 0.6 is 11.6 Å². The average Bonchev–Trinajstić information content (AvgIpc) is 3.75. The van der Waals surface area contributed by atoms with Crippen LogP contribution in [0.1, 0.15) is 31.0 Å². The number of pyridine rings is 1. The minimum Gasteiger partial charge on any atom is -0.459 e. The normalized spacial score (nSPS) is 19.5. The molecule has 1 saturated carbocycles. The quantitative estimate of drug-likeness (QED) is 0.227. The molecule has 0 N–H and O–H groups in total. The first-order valence-electron chi connectivity index (χ1n) is 15.5. The molecule has 0 unspecified atom stereocenters. The number of likely N-dealkylation sites (N-methyl/N-ethyl adjacent to an activating group) is 1. The number of piperazine rings is 1. The van der Waals surface area contributed by atoms with Crippen molar-refractivity contribution in [3.8, 4) is 6.01 Å². The number of carbonyl (C=O) groups excluding carboxylic acids is 1. The van der Waals surface area contributed by atoms with Gasteiger partial charge in [-0.1, -0.05) is 30.3 Å². The van der Waals surface area contributed by atoms with Gasteiger partial charge in [0, 0.05) is 61.8 Å². The van der Waals surface area contributed by atoms with E-state index in [1.807, 2.05) is 48.2 Å². The Bertz CT molecular complexity index is 1690. The monoisotopic (exact) mass is 650 g/mol. The van der Waals surface area contributed by atoms with Gasteiger partial charge in [0.2, 0.25) is 6.54 Å². The van der Waals surface area contributed by atoms with E-state index in [1.165, 1.54) is 4.90 Å². The van der Waals surface area contributed by atoms with Crippen molar-refractivity contribution in [2.45, 2.75) is 50.5 Å². The molecule has 2 atom stereocenters. The van der Waals surface area contributed by atoms with Crippen molar-refractivity contribution in [3.05, 3.63) is 70.7 Å². The fourth-order valence-corrected chi connectivity index (χ4v) is 6.83. The predicted octanol–water partition coefficient (Wildman–Crippen LogP) is 4.86. The lowest BCUT2D eigenvalue weighted by Crippen LogP contribution is -2.57. The average molecular weight is 651 g/mol. The largest absolute Gasteiger partial charge is 0.459 e. The van der Waals surface area contributed by atoms with Crippen LogP contribution in [0.5, 0.6) is 6.01 Å². The number of benzene rings is 1. The Balaban J connectivity index is 1.31. The Morgan fingerprint density at radius 2 is 2.07 bits per heavy atom. The molecule has 13 heteroatoms. The summed E-state index contributed by atoms with van der Waals surface area (Å²) in [5.74, 6) is -1.16. The third kappa shape index (κ3) is 6.71. The molecule has 10 nitrogen and oxygen atoms in total. The first-order valence-corrected chi connectivity index (χ1v) is 15.9. The molecule has 3 aromatic rings. The number of amides is 1. The van der Waals surface area contributed by atoms with Crippen LogP contribution in [0.2, 0.25) is 5.02 Å². The summed E-state index contributed by atoms with van der Waals surface area (Å²) < 4.78 is 34.5. The lowest BCUT2D eigenvalue weighted by Gasteiger charge is -2.41. The van der Waals surface area contributed by atoms with Crippen LogP contribution in [0.4, 0.5) is 20.3 Å². The summed E-state index contributed by atoms with van der Waals surface area (Å²) in [5, 5.41) is 2.50. The van der Waals surface area contributed by atoms with Crippen molar-refractivity contribution in [2.75, 3.05) is 62.7 Å². The SMILES string of the molecule is [C-]#[N+]C[C@H]1CN(c2nc(O[C@@H](C)CN(C)CC3(F)CC3)nc3c2CCN(c2cncc4cccc(Cl)c24)C3)CCN1C(=O)C(=C)F. The number of alkyl halides is 1. The van der Waals surface area contributed by atoms with Gasteiger partial charge in [0.05, 0.1) is 29.1 Å². The van der Waals surface area contributed by atoms with Gasteiger partial charge in [-0.05, 0) is 39.3 Å². The molecular formula is C33H37ClF2N8O2. The fraction of sp³-hybridized carbons (Fsp3) is 0.485. The number of anilines is 2. The second kappa shape index (κ2) is 13.0. The zero-order chi connectivity index (χ0) is 32.6. The van der Waals surface area contributed by atoms with Gasteiger partial charge in [-0.15, -0.1) is 0 Å². The molecule has 1 aliphatic carbocycles. The summed E-state index contributed by atoms with van der Waals surface area (Å²) in [6.45, 7) is 15.4. The van der Waals surface area contributed by atoms with Crippen LogP contribution in [0.3, 0.4) is 0 Å². The molecule has 0 bridgehead atoms. The smallest absolute Gasteiger partial charge is 0.318 e. The summed E-state index contributed by atoms with van der Waals surface area (Å²) in [6.07, 6.45) is 5.09. The van der Waals surface area contributed by atoms with Crippen LogP contribution in [-0.4, -0.2) is 101 Å². The molecule has 2 aliphatic heterocycles. The summed E-state index contributed by atoms with van der Waals surface area (Å²) in [6, 6.07) is 5.42. The summed E-state index contributed by atoms with van der Waals surface area (Å²) in [5.41, 5.74) is 1.54. The zero-order valence-electron chi connectivity index (χ0n) is 26.1. The minimum absolute atomic E-state index is 0.0220. The third-order valence-corrected chi connectivity index (χ3v) is 9.19. The first-order chi connectivity index (χ1) is 22.0. The first kappa shape index (κ1) is 31.9. The van der Waals surface area contributed by atoms with E-state index in [0.29, 0.717) is 69.4 Å². The number of hydrogen-bond donors (Lipinski definition) is 0. The number of rotatable bonds is 10. The molecule has 2 fully saturated rings. The van der Waals surface area contributed by atoms with Crippen molar-refractivity contribution >= 4 is 39.8 Å². The third-order valence-electron chi connectivity index (χ3n) is 8.87. The highest BCUT2D eigenvalue weighted by Gasteiger charge is 2.44. The number of nitrogens with zero attached hydrogens (tertiary/aromatic N) is 8. The maximum atomic E-state index is 14.4. The Hall–Kier alpha value is -4.08. The number of ether oxygens (including phenoxy) is 1. The molecule has 0 radical (unpaired) electrons. The van der Waals surface area contributed by atoms with Crippen LogP contribution in [-0.2, 0) is 17.8 Å². The van der Waals surface area contributed by atoms with Gasteiger partial charge in [0.15, 0.2) is 5.83 Å². The van der Waals surface area contributed by atoms with Gasteiger partial charge >= 0.3 is 6.01 Å². The second-order valence-electron chi connectivity index (χ2n) is 12.5. The van der Waals surface area contributed by atoms with Crippen LogP contribution in [0.25, 0.3) is 15.6 Å². The number of aromatic nitrogens is 3. The Morgan fingerprint density at radius 3 is 2.80 bits per heavy atom. The minimum atomic E-state index is -1.10. The van der Waals surface area contributed by atoms with Crippen molar-refractivity contribution in [2.24, 2.45) is 0 Å². The Morgan fingerprint density at radius 1 is 1.26 bits per heavy atom. The highest BCUT2D eigenvalue weighted by Crippen LogP contribution is 2.40. The highest BCUT2D eigenvalue weighted by atomic mass is 35.5. The van der Waals surface area contributed by atoms with Crippen molar-refractivity contribution in [1.82, 2.24) is 24.8 Å². The molecule has 46 heavy (non-hydrogen) atoms. The van der Waals surface area contributed by atoms with E-state index in [9.17, 15) is 13.6 Å². The molecule has 3 aliphatic rings. The number of hydrogen-bond acceptors (Lipinski definition) is 8. The maximum Gasteiger partial charge on any atom is 0.318 e. The van der Waals surface area contributed by atoms with E-state index in [1.54, 1.807) is 6.20 Å². The van der Waals surface area contributed by atoms with Crippen LogP contribution in [0.15, 0.2) is 43.0 Å². The van der Waals surface area contributed by atoms with Gasteiger partial charge in [-0.2, -0.15) is 9.97 Å². The number of fused-ring (bicyclic) bond motifs is 2. The molecule has 1 saturated heterocycles. The molecule has 0 spiro atoms. The topological polar surface area (TPSA) is 82.3 Å². The van der Waals surface area contributed by atoms with E-state index in [4.69, 9.17) is 32.9 Å². The Kier molecular flexibility index (Phi) is 8.99. The molecular weight excluding hydrogens is 614 g/mol. The van der Waals surface area contributed by atoms with Gasteiger partial charge in [0.25, 0.3) is 5.91 Å². The fourth-order valence-electron chi connectivity index (χ4n) is 6.55. The Labute approximate surface area is 272 Å². The van der Waals surface area contributed by atoms with E-state index < -0.39 is 23.4 Å². The molecule has 242 valence electrons. The van der Waals surface area contributed by atoms with Gasteiger partial charge in [0.1, 0.15) is 23.6 Å².